The molecule has 0 amide bonds. The third-order valence-electron chi connectivity index (χ3n) is 2.32. The minimum atomic E-state index is -0.740. The van der Waals surface area contributed by atoms with E-state index in [-0.39, 0.29) is 11.3 Å². The lowest BCUT2D eigenvalue weighted by molar-refractivity contribution is -0.384. The molecule has 0 aromatic heterocycles. The van der Waals surface area contributed by atoms with E-state index in [4.69, 9.17) is 5.26 Å². The van der Waals surface area contributed by atoms with Gasteiger partial charge in [-0.1, -0.05) is 0 Å². The van der Waals surface area contributed by atoms with Gasteiger partial charge in [-0.25, -0.2) is 4.79 Å². The summed E-state index contributed by atoms with van der Waals surface area (Å²) in [5.41, 5.74) is 0.403. The molecule has 1 aromatic rings. The second-order valence-electron chi connectivity index (χ2n) is 3.53. The van der Waals surface area contributed by atoms with Crippen LogP contribution in [0, 0.1) is 21.4 Å². The zero-order valence-corrected chi connectivity index (χ0v) is 10.4. The Morgan fingerprint density at radius 3 is 2.47 bits per heavy atom. The van der Waals surface area contributed by atoms with Gasteiger partial charge in [0.05, 0.1) is 12.0 Å². The number of nitriles is 1. The standard InChI is InChI=1S/C12H11N3O4/c1-14(8-9(7-13)12(16)19-2)10-3-5-11(6-4-10)15(17)18/h3-6,8H,1-2H3. The number of carbonyl (C=O) groups excluding carboxylic acids is 1. The summed E-state index contributed by atoms with van der Waals surface area (Å²) in [6, 6.07) is 7.42. The molecule has 0 unspecified atom stereocenters. The van der Waals surface area contributed by atoms with E-state index in [0.29, 0.717) is 5.69 Å². The monoisotopic (exact) mass is 261 g/mol. The molecular formula is C12H11N3O4. The second kappa shape index (κ2) is 6.16. The highest BCUT2D eigenvalue weighted by atomic mass is 16.6. The van der Waals surface area contributed by atoms with Crippen molar-refractivity contribution in [2.75, 3.05) is 19.1 Å². The molecule has 0 aliphatic rings. The Morgan fingerprint density at radius 2 is 2.05 bits per heavy atom. The van der Waals surface area contributed by atoms with Gasteiger partial charge in [-0.2, -0.15) is 5.26 Å². The van der Waals surface area contributed by atoms with Crippen molar-refractivity contribution in [3.8, 4) is 6.07 Å². The number of carbonyl (C=O) groups is 1. The Kier molecular flexibility index (Phi) is 4.60. The molecule has 1 aromatic carbocycles. The van der Waals surface area contributed by atoms with Crippen LogP contribution in [0.15, 0.2) is 36.0 Å². The van der Waals surface area contributed by atoms with Crippen molar-refractivity contribution in [3.63, 3.8) is 0 Å². The van der Waals surface area contributed by atoms with Gasteiger partial charge in [0.25, 0.3) is 5.69 Å². The average Bonchev–Trinajstić information content (AvgIpc) is 2.43. The number of ether oxygens (including phenoxy) is 1. The first kappa shape index (κ1) is 14.2. The Labute approximate surface area is 109 Å². The highest BCUT2D eigenvalue weighted by Gasteiger charge is 2.11. The molecular weight excluding hydrogens is 250 g/mol. The van der Waals surface area contributed by atoms with E-state index in [9.17, 15) is 14.9 Å². The molecule has 0 atom stereocenters. The highest BCUT2D eigenvalue weighted by Crippen LogP contribution is 2.19. The van der Waals surface area contributed by atoms with E-state index >= 15 is 0 Å². The molecule has 0 aliphatic heterocycles. The quantitative estimate of drug-likeness (QED) is 0.268. The van der Waals surface area contributed by atoms with Gasteiger partial charge in [0.2, 0.25) is 0 Å². The van der Waals surface area contributed by atoms with Crippen LogP contribution in [0.4, 0.5) is 11.4 Å². The first-order valence-electron chi connectivity index (χ1n) is 5.17. The molecule has 0 saturated heterocycles. The van der Waals surface area contributed by atoms with Crippen LogP contribution in [0.25, 0.3) is 0 Å². The van der Waals surface area contributed by atoms with E-state index in [2.05, 4.69) is 4.74 Å². The van der Waals surface area contributed by atoms with E-state index in [1.165, 1.54) is 42.5 Å². The molecule has 0 bridgehead atoms. The number of nitrogens with zero attached hydrogens (tertiary/aromatic N) is 3. The van der Waals surface area contributed by atoms with E-state index in [1.54, 1.807) is 13.1 Å². The number of esters is 1. The fourth-order valence-corrected chi connectivity index (χ4v) is 1.31. The molecule has 98 valence electrons. The molecule has 0 aliphatic carbocycles. The lowest BCUT2D eigenvalue weighted by Crippen LogP contribution is -2.13. The Hall–Kier alpha value is -2.88. The van der Waals surface area contributed by atoms with Crippen molar-refractivity contribution < 1.29 is 14.5 Å². The van der Waals surface area contributed by atoms with Crippen LogP contribution in [-0.2, 0) is 9.53 Å². The average molecular weight is 261 g/mol. The van der Waals surface area contributed by atoms with Crippen molar-refractivity contribution in [1.29, 1.82) is 5.26 Å². The maximum Gasteiger partial charge on any atom is 0.350 e. The van der Waals surface area contributed by atoms with Gasteiger partial charge in [-0.15, -0.1) is 0 Å². The predicted octanol–water partition coefficient (Wildman–Crippen LogP) is 1.61. The van der Waals surface area contributed by atoms with Crippen LogP contribution in [-0.4, -0.2) is 25.1 Å². The van der Waals surface area contributed by atoms with Gasteiger partial charge in [0, 0.05) is 31.1 Å². The highest BCUT2D eigenvalue weighted by molar-refractivity contribution is 5.93. The van der Waals surface area contributed by atoms with E-state index in [1.807, 2.05) is 0 Å². The predicted molar refractivity (Wildman–Crippen MR) is 67.2 cm³/mol. The Morgan fingerprint density at radius 1 is 1.47 bits per heavy atom. The van der Waals surface area contributed by atoms with Crippen LogP contribution in [0.5, 0.6) is 0 Å². The summed E-state index contributed by atoms with van der Waals surface area (Å²) in [7, 11) is 2.79. The van der Waals surface area contributed by atoms with Crippen LogP contribution in [0.2, 0.25) is 0 Å². The van der Waals surface area contributed by atoms with E-state index in [0.717, 1.165) is 0 Å². The van der Waals surface area contributed by atoms with Crippen molar-refractivity contribution in [2.45, 2.75) is 0 Å². The molecule has 7 heteroatoms. The third kappa shape index (κ3) is 3.54. The first-order valence-corrected chi connectivity index (χ1v) is 5.17. The van der Waals surface area contributed by atoms with Gasteiger partial charge in [-0.3, -0.25) is 10.1 Å². The number of nitro benzene ring substituents is 1. The van der Waals surface area contributed by atoms with E-state index < -0.39 is 10.9 Å². The van der Waals surface area contributed by atoms with Crippen LogP contribution in [0.3, 0.4) is 0 Å². The normalized spacial score (nSPS) is 10.5. The van der Waals surface area contributed by atoms with Crippen molar-refractivity contribution >= 4 is 17.3 Å². The number of benzene rings is 1. The summed E-state index contributed by atoms with van der Waals surface area (Å²) in [4.78, 5) is 22.7. The van der Waals surface area contributed by atoms with Gasteiger partial charge in [-0.05, 0) is 12.1 Å². The number of non-ortho nitro benzene ring substituents is 1. The fraction of sp³-hybridized carbons (Fsp3) is 0.167. The molecule has 0 saturated carbocycles. The van der Waals surface area contributed by atoms with Gasteiger partial charge >= 0.3 is 5.97 Å². The summed E-state index contributed by atoms with van der Waals surface area (Å²) in [6.45, 7) is 0. The number of nitro groups is 1. The van der Waals surface area contributed by atoms with Gasteiger partial charge < -0.3 is 9.64 Å². The lowest BCUT2D eigenvalue weighted by Gasteiger charge is -2.14. The maximum atomic E-state index is 11.2. The summed E-state index contributed by atoms with van der Waals surface area (Å²) in [5, 5.41) is 19.3. The summed E-state index contributed by atoms with van der Waals surface area (Å²) in [6.07, 6.45) is 1.30. The lowest BCUT2D eigenvalue weighted by atomic mass is 10.2. The molecule has 1 rings (SSSR count). The van der Waals surface area contributed by atoms with Crippen LogP contribution >= 0.6 is 0 Å². The van der Waals surface area contributed by atoms with Crippen molar-refractivity contribution in [2.24, 2.45) is 0 Å². The zero-order valence-electron chi connectivity index (χ0n) is 10.4. The Bertz CT molecular complexity index is 557. The number of rotatable bonds is 4. The van der Waals surface area contributed by atoms with Crippen molar-refractivity contribution in [1.82, 2.24) is 0 Å². The second-order valence-corrected chi connectivity index (χ2v) is 3.53. The molecule has 7 nitrogen and oxygen atoms in total. The SMILES string of the molecule is COC(=O)C(C#N)=CN(C)c1ccc([N+](=O)[O-])cc1. The number of methoxy groups -OCH3 is 1. The Balaban J connectivity index is 2.97. The first-order chi connectivity index (χ1) is 8.99. The third-order valence-corrected chi connectivity index (χ3v) is 2.32. The van der Waals surface area contributed by atoms with Crippen LogP contribution in [0.1, 0.15) is 0 Å². The van der Waals surface area contributed by atoms with Crippen LogP contribution < -0.4 is 4.90 Å². The van der Waals surface area contributed by atoms with Crippen molar-refractivity contribution in [3.05, 3.63) is 46.2 Å². The molecule has 0 N–H and O–H groups in total. The topological polar surface area (TPSA) is 96.5 Å². The fourth-order valence-electron chi connectivity index (χ4n) is 1.31. The molecule has 0 spiro atoms. The minimum absolute atomic E-state index is 0.0328. The number of hydrogen-bond donors (Lipinski definition) is 0. The molecule has 0 radical (unpaired) electrons. The summed E-state index contributed by atoms with van der Waals surface area (Å²) in [5.74, 6) is -0.740. The summed E-state index contributed by atoms with van der Waals surface area (Å²) < 4.78 is 4.44. The zero-order chi connectivity index (χ0) is 14.4. The largest absolute Gasteiger partial charge is 0.465 e. The number of hydrogen-bond acceptors (Lipinski definition) is 6. The number of anilines is 1. The molecule has 0 fully saturated rings. The molecule has 0 heterocycles. The van der Waals surface area contributed by atoms with Gasteiger partial charge in [0.1, 0.15) is 6.07 Å². The molecule has 19 heavy (non-hydrogen) atoms. The van der Waals surface area contributed by atoms with Gasteiger partial charge in [0.15, 0.2) is 5.57 Å². The smallest absolute Gasteiger partial charge is 0.350 e. The maximum absolute atomic E-state index is 11.2. The summed E-state index contributed by atoms with van der Waals surface area (Å²) >= 11 is 0. The minimum Gasteiger partial charge on any atom is -0.465 e.